The molecular weight excluding hydrogens is 244 g/mol. The normalized spacial score (nSPS) is 12.0. The van der Waals surface area contributed by atoms with Crippen LogP contribution in [-0.2, 0) is 0 Å². The first kappa shape index (κ1) is 10.1. The summed E-state index contributed by atoms with van der Waals surface area (Å²) in [6, 6.07) is 17.4. The van der Waals surface area contributed by atoms with Crippen molar-refractivity contribution in [2.45, 2.75) is 0 Å². The summed E-state index contributed by atoms with van der Waals surface area (Å²) in [5.41, 5.74) is 2.44. The van der Waals surface area contributed by atoms with E-state index in [0.717, 1.165) is 0 Å². The van der Waals surface area contributed by atoms with Crippen molar-refractivity contribution in [3.05, 3.63) is 60.9 Å². The molecule has 5 aromatic rings. The van der Waals surface area contributed by atoms with Gasteiger partial charge in [0.05, 0.1) is 11.0 Å². The Labute approximate surface area is 115 Å². The third-order valence-electron chi connectivity index (χ3n) is 4.21. The number of aromatic nitrogens is 2. The smallest absolute Gasteiger partial charge is 0.0540 e. The van der Waals surface area contributed by atoms with Crippen LogP contribution < -0.4 is 0 Å². The van der Waals surface area contributed by atoms with Gasteiger partial charge in [0.2, 0.25) is 0 Å². The van der Waals surface area contributed by atoms with Crippen LogP contribution in [0.25, 0.3) is 43.4 Å². The van der Waals surface area contributed by atoms with Crippen LogP contribution in [0.3, 0.4) is 0 Å². The van der Waals surface area contributed by atoms with Crippen LogP contribution in [0, 0.1) is 0 Å². The van der Waals surface area contributed by atoms with Gasteiger partial charge in [-0.25, -0.2) is 0 Å². The van der Waals surface area contributed by atoms with Crippen LogP contribution in [0.4, 0.5) is 0 Å². The summed E-state index contributed by atoms with van der Waals surface area (Å²) in [7, 11) is 0. The molecule has 0 radical (unpaired) electrons. The van der Waals surface area contributed by atoms with E-state index in [0.29, 0.717) is 0 Å². The van der Waals surface area contributed by atoms with Crippen LogP contribution in [-0.4, -0.2) is 9.97 Å². The minimum atomic E-state index is 1.22. The van der Waals surface area contributed by atoms with Crippen molar-refractivity contribution in [1.29, 1.82) is 0 Å². The molecule has 0 aliphatic carbocycles. The molecule has 3 aromatic carbocycles. The average molecular weight is 256 g/mol. The Kier molecular flexibility index (Phi) is 1.73. The maximum absolute atomic E-state index is 3.40. The Morgan fingerprint density at radius 1 is 0.450 bits per heavy atom. The third-order valence-corrected chi connectivity index (χ3v) is 4.21. The Balaban J connectivity index is 2.23. The first-order chi connectivity index (χ1) is 9.92. The van der Waals surface area contributed by atoms with E-state index in [1.54, 1.807) is 0 Å². The number of benzene rings is 3. The van der Waals surface area contributed by atoms with Gasteiger partial charge in [-0.05, 0) is 22.9 Å². The quantitative estimate of drug-likeness (QED) is 0.367. The molecule has 5 rings (SSSR count). The van der Waals surface area contributed by atoms with Gasteiger partial charge in [0.15, 0.2) is 0 Å². The van der Waals surface area contributed by atoms with Crippen molar-refractivity contribution < 1.29 is 0 Å². The number of aromatic amines is 2. The second kappa shape index (κ2) is 3.42. The van der Waals surface area contributed by atoms with Crippen molar-refractivity contribution in [1.82, 2.24) is 9.97 Å². The summed E-state index contributed by atoms with van der Waals surface area (Å²) in [5.74, 6) is 0. The van der Waals surface area contributed by atoms with E-state index in [2.05, 4.69) is 58.5 Å². The van der Waals surface area contributed by atoms with Gasteiger partial charge in [-0.3, -0.25) is 0 Å². The standard InChI is InChI=1S/C18H12N2/c1-2-12-4-6-14-8-10-20-18(14)16(12)15-11(1)3-5-13-7-9-19-17(13)15/h1-10,19-20H. The molecule has 94 valence electrons. The number of fused-ring (bicyclic) bond motifs is 7. The summed E-state index contributed by atoms with van der Waals surface area (Å²) < 4.78 is 0. The van der Waals surface area contributed by atoms with Crippen LogP contribution in [0.15, 0.2) is 60.9 Å². The van der Waals surface area contributed by atoms with Crippen molar-refractivity contribution in [3.8, 4) is 0 Å². The third kappa shape index (κ3) is 1.14. The zero-order chi connectivity index (χ0) is 13.1. The molecule has 0 spiro atoms. The summed E-state index contributed by atoms with van der Waals surface area (Å²) in [6.45, 7) is 0. The van der Waals surface area contributed by atoms with Gasteiger partial charge in [0.25, 0.3) is 0 Å². The second-order valence-electron chi connectivity index (χ2n) is 5.28. The summed E-state index contributed by atoms with van der Waals surface area (Å²) in [6.07, 6.45) is 4.02. The van der Waals surface area contributed by atoms with Crippen LogP contribution in [0.2, 0.25) is 0 Å². The van der Waals surface area contributed by atoms with E-state index in [1.807, 2.05) is 12.4 Å². The van der Waals surface area contributed by atoms with Crippen molar-refractivity contribution >= 4 is 43.4 Å². The Morgan fingerprint density at radius 3 is 1.30 bits per heavy atom. The number of rotatable bonds is 0. The first-order valence-electron chi connectivity index (χ1n) is 6.80. The van der Waals surface area contributed by atoms with Gasteiger partial charge in [0.1, 0.15) is 0 Å². The highest BCUT2D eigenvalue weighted by Crippen LogP contribution is 2.35. The predicted molar refractivity (Wildman–Crippen MR) is 85.2 cm³/mol. The molecule has 2 N–H and O–H groups in total. The number of hydrogen-bond donors (Lipinski definition) is 2. The zero-order valence-electron chi connectivity index (χ0n) is 10.8. The number of hydrogen-bond acceptors (Lipinski definition) is 0. The van der Waals surface area contributed by atoms with E-state index in [4.69, 9.17) is 0 Å². The van der Waals surface area contributed by atoms with E-state index in [-0.39, 0.29) is 0 Å². The summed E-state index contributed by atoms with van der Waals surface area (Å²) in [4.78, 5) is 6.80. The molecule has 0 amide bonds. The monoisotopic (exact) mass is 256 g/mol. The summed E-state index contributed by atoms with van der Waals surface area (Å²) in [5, 5.41) is 7.67. The van der Waals surface area contributed by atoms with E-state index in [9.17, 15) is 0 Å². The fourth-order valence-electron chi connectivity index (χ4n) is 3.28. The van der Waals surface area contributed by atoms with Gasteiger partial charge < -0.3 is 9.97 Å². The molecule has 2 nitrogen and oxygen atoms in total. The van der Waals surface area contributed by atoms with Gasteiger partial charge >= 0.3 is 0 Å². The SMILES string of the molecule is c1cc2ccc3ccc4ccc5cc[nH]c5c4c3c2[nH]1. The van der Waals surface area contributed by atoms with Gasteiger partial charge in [-0.2, -0.15) is 0 Å². The zero-order valence-corrected chi connectivity index (χ0v) is 10.8. The first-order valence-corrected chi connectivity index (χ1v) is 6.80. The lowest BCUT2D eigenvalue weighted by Crippen LogP contribution is -1.82. The minimum absolute atomic E-state index is 1.22. The highest BCUT2D eigenvalue weighted by Gasteiger charge is 2.09. The molecule has 2 heterocycles. The minimum Gasteiger partial charge on any atom is -0.361 e. The van der Waals surface area contributed by atoms with E-state index >= 15 is 0 Å². The maximum atomic E-state index is 3.40. The van der Waals surface area contributed by atoms with E-state index < -0.39 is 0 Å². The highest BCUT2D eigenvalue weighted by atomic mass is 14.7. The van der Waals surface area contributed by atoms with Crippen LogP contribution in [0.5, 0.6) is 0 Å². The van der Waals surface area contributed by atoms with Crippen LogP contribution >= 0.6 is 0 Å². The lowest BCUT2D eigenvalue weighted by atomic mass is 9.98. The van der Waals surface area contributed by atoms with Crippen LogP contribution in [0.1, 0.15) is 0 Å². The molecule has 0 saturated carbocycles. The van der Waals surface area contributed by atoms with Gasteiger partial charge in [-0.1, -0.05) is 36.4 Å². The average Bonchev–Trinajstić information content (AvgIpc) is 3.14. The number of H-pyrrole nitrogens is 2. The lowest BCUT2D eigenvalue weighted by molar-refractivity contribution is 1.48. The van der Waals surface area contributed by atoms with Crippen molar-refractivity contribution in [2.75, 3.05) is 0 Å². The fraction of sp³-hybridized carbons (Fsp3) is 0. The molecule has 0 fully saturated rings. The topological polar surface area (TPSA) is 31.6 Å². The Morgan fingerprint density at radius 2 is 0.850 bits per heavy atom. The molecule has 2 aromatic heterocycles. The number of nitrogens with one attached hydrogen (secondary N) is 2. The Hall–Kier alpha value is -2.74. The second-order valence-corrected chi connectivity index (χ2v) is 5.28. The van der Waals surface area contributed by atoms with Gasteiger partial charge in [-0.15, -0.1) is 0 Å². The highest BCUT2D eigenvalue weighted by molar-refractivity contribution is 6.25. The molecule has 0 atom stereocenters. The predicted octanol–water partition coefficient (Wildman–Crippen LogP) is 4.96. The molecule has 0 saturated heterocycles. The molecule has 0 aliphatic rings. The largest absolute Gasteiger partial charge is 0.361 e. The Bertz CT molecular complexity index is 1010. The lowest BCUT2D eigenvalue weighted by Gasteiger charge is -2.07. The molecule has 0 aliphatic heterocycles. The maximum Gasteiger partial charge on any atom is 0.0540 e. The fourth-order valence-corrected chi connectivity index (χ4v) is 3.28. The molecule has 0 bridgehead atoms. The molecule has 0 unspecified atom stereocenters. The molecular formula is C18H12N2. The van der Waals surface area contributed by atoms with E-state index in [1.165, 1.54) is 43.4 Å². The van der Waals surface area contributed by atoms with Crippen molar-refractivity contribution in [3.63, 3.8) is 0 Å². The molecule has 2 heteroatoms. The van der Waals surface area contributed by atoms with Gasteiger partial charge in [0, 0.05) is 33.9 Å². The molecule has 20 heavy (non-hydrogen) atoms. The summed E-state index contributed by atoms with van der Waals surface area (Å²) >= 11 is 0. The van der Waals surface area contributed by atoms with Crippen molar-refractivity contribution in [2.24, 2.45) is 0 Å².